The van der Waals surface area contributed by atoms with E-state index in [4.69, 9.17) is 0 Å². The molecule has 0 unspecified atom stereocenters. The molecular weight excluding hydrogens is 242 g/mol. The number of nitrogens with one attached hydrogen (secondary N) is 1. The summed E-state index contributed by atoms with van der Waals surface area (Å²) in [5.41, 5.74) is 1.17. The van der Waals surface area contributed by atoms with Crippen LogP contribution in [0.1, 0.15) is 90.4 Å². The standard InChI is InChI=1S/C19H37N/c1-4-5-6-7-8-9-10-11-12-13-14-15-16-17-18-19(2)20-3/h11-12,20H,2,4-10,13-18H2,1,3H3/b12-11+. The second-order valence-corrected chi connectivity index (χ2v) is 5.83. The lowest BCUT2D eigenvalue weighted by Crippen LogP contribution is -2.03. The fourth-order valence-corrected chi connectivity index (χ4v) is 2.36. The van der Waals surface area contributed by atoms with E-state index in [0.717, 1.165) is 6.42 Å². The van der Waals surface area contributed by atoms with Crippen molar-refractivity contribution >= 4 is 0 Å². The van der Waals surface area contributed by atoms with Gasteiger partial charge in [-0.3, -0.25) is 0 Å². The van der Waals surface area contributed by atoms with Crippen LogP contribution in [-0.4, -0.2) is 7.05 Å². The minimum Gasteiger partial charge on any atom is -0.392 e. The summed E-state index contributed by atoms with van der Waals surface area (Å²) in [6, 6.07) is 0. The molecule has 0 aromatic carbocycles. The molecule has 0 saturated heterocycles. The van der Waals surface area contributed by atoms with Gasteiger partial charge in [-0.1, -0.05) is 70.6 Å². The Morgan fingerprint density at radius 1 is 0.800 bits per heavy atom. The molecule has 0 amide bonds. The Morgan fingerprint density at radius 2 is 1.30 bits per heavy atom. The van der Waals surface area contributed by atoms with Crippen molar-refractivity contribution in [2.24, 2.45) is 0 Å². The zero-order chi connectivity index (χ0) is 14.9. The fourth-order valence-electron chi connectivity index (χ4n) is 2.36. The van der Waals surface area contributed by atoms with Gasteiger partial charge in [0, 0.05) is 12.7 Å². The first-order valence-corrected chi connectivity index (χ1v) is 8.81. The van der Waals surface area contributed by atoms with Gasteiger partial charge in [-0.15, -0.1) is 0 Å². The number of allylic oxidation sites excluding steroid dienone is 3. The SMILES string of the molecule is C=C(CCCCCC/C=C/CCCCCCCC)NC. The minimum absolute atomic E-state index is 1.13. The molecule has 1 nitrogen and oxygen atoms in total. The maximum absolute atomic E-state index is 3.95. The summed E-state index contributed by atoms with van der Waals surface area (Å²) >= 11 is 0. The normalized spacial score (nSPS) is 11.1. The van der Waals surface area contributed by atoms with Crippen molar-refractivity contribution in [1.82, 2.24) is 5.32 Å². The Labute approximate surface area is 127 Å². The molecule has 0 aromatic heterocycles. The highest BCUT2D eigenvalue weighted by molar-refractivity contribution is 4.88. The van der Waals surface area contributed by atoms with Crippen LogP contribution in [0.2, 0.25) is 0 Å². The Hall–Kier alpha value is -0.720. The van der Waals surface area contributed by atoms with Crippen LogP contribution < -0.4 is 5.32 Å². The molecule has 0 fully saturated rings. The topological polar surface area (TPSA) is 12.0 Å². The van der Waals surface area contributed by atoms with E-state index in [-0.39, 0.29) is 0 Å². The Balaban J connectivity index is 3.10. The third-order valence-electron chi connectivity index (χ3n) is 3.84. The Morgan fingerprint density at radius 3 is 1.85 bits per heavy atom. The first-order chi connectivity index (χ1) is 9.81. The first-order valence-electron chi connectivity index (χ1n) is 8.81. The van der Waals surface area contributed by atoms with E-state index in [1.807, 2.05) is 7.05 Å². The number of rotatable bonds is 15. The van der Waals surface area contributed by atoms with E-state index in [9.17, 15) is 0 Å². The lowest BCUT2D eigenvalue weighted by Gasteiger charge is -2.03. The molecule has 0 radical (unpaired) electrons. The molecule has 0 aliphatic rings. The van der Waals surface area contributed by atoms with Gasteiger partial charge in [-0.25, -0.2) is 0 Å². The third-order valence-corrected chi connectivity index (χ3v) is 3.84. The Kier molecular flexibility index (Phi) is 15.7. The van der Waals surface area contributed by atoms with Crippen molar-refractivity contribution < 1.29 is 0 Å². The zero-order valence-corrected chi connectivity index (χ0v) is 14.1. The average molecular weight is 280 g/mol. The quantitative estimate of drug-likeness (QED) is 0.271. The predicted octanol–water partition coefficient (Wildman–Crippen LogP) is 6.37. The van der Waals surface area contributed by atoms with Gasteiger partial charge < -0.3 is 5.32 Å². The van der Waals surface area contributed by atoms with E-state index < -0.39 is 0 Å². The van der Waals surface area contributed by atoms with Crippen LogP contribution in [-0.2, 0) is 0 Å². The van der Waals surface area contributed by atoms with Crippen molar-refractivity contribution in [3.05, 3.63) is 24.4 Å². The van der Waals surface area contributed by atoms with E-state index in [0.29, 0.717) is 0 Å². The van der Waals surface area contributed by atoms with Gasteiger partial charge in [-0.05, 0) is 38.5 Å². The molecular formula is C19H37N. The molecule has 20 heavy (non-hydrogen) atoms. The molecule has 0 aromatic rings. The maximum Gasteiger partial charge on any atom is 0.00310 e. The number of hydrogen-bond donors (Lipinski definition) is 1. The average Bonchev–Trinajstić information content (AvgIpc) is 2.47. The molecule has 118 valence electrons. The maximum atomic E-state index is 3.95. The molecule has 1 heteroatoms. The molecule has 0 rings (SSSR count). The van der Waals surface area contributed by atoms with Crippen molar-refractivity contribution in [2.75, 3.05) is 7.05 Å². The molecule has 0 atom stereocenters. The first kappa shape index (κ1) is 19.3. The summed E-state index contributed by atoms with van der Waals surface area (Å²) in [7, 11) is 1.96. The van der Waals surface area contributed by atoms with E-state index in [1.165, 1.54) is 82.7 Å². The highest BCUT2D eigenvalue weighted by Gasteiger charge is 1.92. The lowest BCUT2D eigenvalue weighted by atomic mass is 10.1. The summed E-state index contributed by atoms with van der Waals surface area (Å²) in [6.07, 6.45) is 22.2. The van der Waals surface area contributed by atoms with Gasteiger partial charge in [-0.2, -0.15) is 0 Å². The summed E-state index contributed by atoms with van der Waals surface area (Å²) in [5.74, 6) is 0. The van der Waals surface area contributed by atoms with Crippen LogP contribution in [0, 0.1) is 0 Å². The fraction of sp³-hybridized carbons (Fsp3) is 0.789. The highest BCUT2D eigenvalue weighted by atomic mass is 14.8. The molecule has 0 heterocycles. The van der Waals surface area contributed by atoms with E-state index in [1.54, 1.807) is 0 Å². The van der Waals surface area contributed by atoms with E-state index >= 15 is 0 Å². The van der Waals surface area contributed by atoms with Crippen molar-refractivity contribution in [1.29, 1.82) is 0 Å². The van der Waals surface area contributed by atoms with E-state index in [2.05, 4.69) is 31.0 Å². The van der Waals surface area contributed by atoms with Crippen molar-refractivity contribution in [3.8, 4) is 0 Å². The highest BCUT2D eigenvalue weighted by Crippen LogP contribution is 2.10. The minimum atomic E-state index is 1.13. The molecule has 1 N–H and O–H groups in total. The Bertz CT molecular complexity index is 230. The number of hydrogen-bond acceptors (Lipinski definition) is 1. The molecule has 0 aliphatic carbocycles. The summed E-state index contributed by atoms with van der Waals surface area (Å²) in [5, 5.41) is 3.11. The van der Waals surface area contributed by atoms with Crippen LogP contribution in [0.3, 0.4) is 0 Å². The van der Waals surface area contributed by atoms with Gasteiger partial charge in [0.15, 0.2) is 0 Å². The third kappa shape index (κ3) is 15.3. The largest absolute Gasteiger partial charge is 0.392 e. The zero-order valence-electron chi connectivity index (χ0n) is 14.1. The van der Waals surface area contributed by atoms with Gasteiger partial charge in [0.25, 0.3) is 0 Å². The molecule has 0 bridgehead atoms. The van der Waals surface area contributed by atoms with Crippen LogP contribution in [0.25, 0.3) is 0 Å². The summed E-state index contributed by atoms with van der Waals surface area (Å²) < 4.78 is 0. The lowest BCUT2D eigenvalue weighted by molar-refractivity contribution is 0.610. The van der Waals surface area contributed by atoms with Crippen LogP contribution in [0.15, 0.2) is 24.4 Å². The van der Waals surface area contributed by atoms with Crippen molar-refractivity contribution in [2.45, 2.75) is 90.4 Å². The summed E-state index contributed by atoms with van der Waals surface area (Å²) in [6.45, 7) is 6.23. The molecule has 0 saturated carbocycles. The number of unbranched alkanes of at least 4 members (excludes halogenated alkanes) is 10. The van der Waals surface area contributed by atoms with Gasteiger partial charge >= 0.3 is 0 Å². The monoisotopic (exact) mass is 279 g/mol. The molecule has 0 aliphatic heterocycles. The van der Waals surface area contributed by atoms with Crippen LogP contribution in [0.4, 0.5) is 0 Å². The van der Waals surface area contributed by atoms with Gasteiger partial charge in [0.1, 0.15) is 0 Å². The molecule has 0 spiro atoms. The van der Waals surface area contributed by atoms with Gasteiger partial charge in [0.05, 0.1) is 0 Å². The van der Waals surface area contributed by atoms with Crippen molar-refractivity contribution in [3.63, 3.8) is 0 Å². The smallest absolute Gasteiger partial charge is 0.00310 e. The predicted molar refractivity (Wildman–Crippen MR) is 93.0 cm³/mol. The van der Waals surface area contributed by atoms with Crippen LogP contribution in [0.5, 0.6) is 0 Å². The van der Waals surface area contributed by atoms with Gasteiger partial charge in [0.2, 0.25) is 0 Å². The summed E-state index contributed by atoms with van der Waals surface area (Å²) in [4.78, 5) is 0. The second-order valence-electron chi connectivity index (χ2n) is 5.83. The second kappa shape index (κ2) is 16.3. The van der Waals surface area contributed by atoms with Crippen LogP contribution >= 0.6 is 0 Å².